The summed E-state index contributed by atoms with van der Waals surface area (Å²) in [5, 5.41) is 0. The van der Waals surface area contributed by atoms with Crippen LogP contribution >= 0.6 is 0 Å². The van der Waals surface area contributed by atoms with E-state index < -0.39 is 0 Å². The number of aryl methyl sites for hydroxylation is 1. The zero-order chi connectivity index (χ0) is 11.7. The lowest BCUT2D eigenvalue weighted by molar-refractivity contribution is 0.0510. The summed E-state index contributed by atoms with van der Waals surface area (Å²) in [5.41, 5.74) is 4.02. The first-order chi connectivity index (χ1) is 8.26. The van der Waals surface area contributed by atoms with Crippen LogP contribution < -0.4 is 0 Å². The zero-order valence-electron chi connectivity index (χ0n) is 10.3. The van der Waals surface area contributed by atoms with E-state index in [1.165, 1.54) is 29.5 Å². The van der Waals surface area contributed by atoms with Gasteiger partial charge in [-0.05, 0) is 30.9 Å². The topological polar surface area (TPSA) is 9.23 Å². The lowest BCUT2D eigenvalue weighted by Gasteiger charge is -2.19. The molecule has 1 aliphatic carbocycles. The normalized spacial score (nSPS) is 29.6. The number of hydrogen-bond acceptors (Lipinski definition) is 1. The van der Waals surface area contributed by atoms with Crippen molar-refractivity contribution in [1.82, 2.24) is 0 Å². The lowest BCUT2D eigenvalue weighted by atomic mass is 9.97. The maximum absolute atomic E-state index is 5.86. The molecule has 3 rings (SSSR count). The Labute approximate surface area is 103 Å². The highest BCUT2D eigenvalue weighted by molar-refractivity contribution is 5.58. The summed E-state index contributed by atoms with van der Waals surface area (Å²) in [6.45, 7) is 3.04. The van der Waals surface area contributed by atoms with Gasteiger partial charge in [-0.25, -0.2) is 0 Å². The molecule has 17 heavy (non-hydrogen) atoms. The van der Waals surface area contributed by atoms with Crippen LogP contribution in [0.2, 0.25) is 0 Å². The Hall–Kier alpha value is -1.34. The molecule has 0 radical (unpaired) electrons. The molecular formula is C16H18O. The molecule has 1 fully saturated rings. The molecule has 1 nitrogen and oxygen atoms in total. The van der Waals surface area contributed by atoms with Crippen molar-refractivity contribution in [2.45, 2.75) is 31.8 Å². The van der Waals surface area contributed by atoms with Crippen molar-refractivity contribution in [1.29, 1.82) is 0 Å². The fourth-order valence-electron chi connectivity index (χ4n) is 2.69. The number of allylic oxidation sites excluding steroid dienone is 1. The Morgan fingerprint density at radius 1 is 1.24 bits per heavy atom. The van der Waals surface area contributed by atoms with Gasteiger partial charge in [-0.3, -0.25) is 0 Å². The van der Waals surface area contributed by atoms with Crippen LogP contribution in [-0.4, -0.2) is 12.2 Å². The molecule has 88 valence electrons. The Balaban J connectivity index is 1.78. The highest BCUT2D eigenvalue weighted by atomic mass is 16.5. The molecule has 1 atom stereocenters. The standard InChI is InChI=1S/C16H18O/c1-13-3-5-14(6-4-13)11-15-7-9-16(12-15)8-2-10-17-16/h3-7,9,11H,2,8,10,12H2,1H3/b15-11+. The van der Waals surface area contributed by atoms with Crippen molar-refractivity contribution in [3.63, 3.8) is 0 Å². The third-order valence-electron chi connectivity index (χ3n) is 3.67. The quantitative estimate of drug-likeness (QED) is 0.706. The van der Waals surface area contributed by atoms with Gasteiger partial charge >= 0.3 is 0 Å². The van der Waals surface area contributed by atoms with Gasteiger partial charge in [0.25, 0.3) is 0 Å². The summed E-state index contributed by atoms with van der Waals surface area (Å²) in [6.07, 6.45) is 10.2. The van der Waals surface area contributed by atoms with Gasteiger partial charge in [0.05, 0.1) is 5.60 Å². The summed E-state index contributed by atoms with van der Waals surface area (Å²) in [4.78, 5) is 0. The summed E-state index contributed by atoms with van der Waals surface area (Å²) in [7, 11) is 0. The Kier molecular flexibility index (Phi) is 2.64. The zero-order valence-corrected chi connectivity index (χ0v) is 10.3. The van der Waals surface area contributed by atoms with Gasteiger partial charge < -0.3 is 4.74 Å². The minimum absolute atomic E-state index is 0.0382. The summed E-state index contributed by atoms with van der Waals surface area (Å²) in [5.74, 6) is 0. The minimum Gasteiger partial charge on any atom is -0.371 e. The highest BCUT2D eigenvalue weighted by Gasteiger charge is 2.35. The molecule has 1 heterocycles. The van der Waals surface area contributed by atoms with E-state index in [1.54, 1.807) is 0 Å². The van der Waals surface area contributed by atoms with Gasteiger partial charge in [0.15, 0.2) is 0 Å². The van der Waals surface area contributed by atoms with Crippen LogP contribution in [0.5, 0.6) is 0 Å². The second-order valence-corrected chi connectivity index (χ2v) is 5.16. The average molecular weight is 226 g/mol. The average Bonchev–Trinajstić information content (AvgIpc) is 2.94. The SMILES string of the molecule is Cc1ccc(/C=C2\C=CC3(CCCO3)C2)cc1. The van der Waals surface area contributed by atoms with Crippen molar-refractivity contribution in [2.24, 2.45) is 0 Å². The maximum Gasteiger partial charge on any atom is 0.0906 e. The lowest BCUT2D eigenvalue weighted by Crippen LogP contribution is -2.21. The fourth-order valence-corrected chi connectivity index (χ4v) is 2.69. The van der Waals surface area contributed by atoms with Crippen molar-refractivity contribution < 1.29 is 4.74 Å². The van der Waals surface area contributed by atoms with E-state index in [2.05, 4.69) is 49.4 Å². The predicted octanol–water partition coefficient (Wildman–Crippen LogP) is 3.89. The van der Waals surface area contributed by atoms with Crippen LogP contribution in [0.15, 0.2) is 42.0 Å². The maximum atomic E-state index is 5.86. The van der Waals surface area contributed by atoms with Crippen LogP contribution in [0.4, 0.5) is 0 Å². The van der Waals surface area contributed by atoms with Crippen LogP contribution in [-0.2, 0) is 4.74 Å². The largest absolute Gasteiger partial charge is 0.371 e. The van der Waals surface area contributed by atoms with E-state index in [9.17, 15) is 0 Å². The van der Waals surface area contributed by atoms with Crippen molar-refractivity contribution in [3.8, 4) is 0 Å². The Bertz CT molecular complexity index is 459. The van der Waals surface area contributed by atoms with Gasteiger partial charge in [0.1, 0.15) is 0 Å². The van der Waals surface area contributed by atoms with Gasteiger partial charge in [-0.2, -0.15) is 0 Å². The molecule has 0 bridgehead atoms. The van der Waals surface area contributed by atoms with Gasteiger partial charge in [-0.1, -0.05) is 48.1 Å². The predicted molar refractivity (Wildman–Crippen MR) is 70.8 cm³/mol. The summed E-state index contributed by atoms with van der Waals surface area (Å²) < 4.78 is 5.86. The van der Waals surface area contributed by atoms with Crippen LogP contribution in [0, 0.1) is 6.92 Å². The molecule has 1 saturated heterocycles. The fraction of sp³-hybridized carbons (Fsp3) is 0.375. The Morgan fingerprint density at radius 3 is 2.76 bits per heavy atom. The van der Waals surface area contributed by atoms with Crippen molar-refractivity contribution in [3.05, 3.63) is 53.1 Å². The molecule has 0 amide bonds. The van der Waals surface area contributed by atoms with E-state index in [-0.39, 0.29) is 5.60 Å². The van der Waals surface area contributed by atoms with E-state index in [4.69, 9.17) is 4.74 Å². The first-order valence-corrected chi connectivity index (χ1v) is 6.36. The first-order valence-electron chi connectivity index (χ1n) is 6.36. The van der Waals surface area contributed by atoms with E-state index >= 15 is 0 Å². The van der Waals surface area contributed by atoms with E-state index in [0.717, 1.165) is 13.0 Å². The molecule has 1 aliphatic heterocycles. The Morgan fingerprint density at radius 2 is 2.06 bits per heavy atom. The number of ether oxygens (including phenoxy) is 1. The summed E-state index contributed by atoms with van der Waals surface area (Å²) in [6, 6.07) is 8.67. The molecule has 1 aromatic rings. The molecule has 1 spiro atoms. The van der Waals surface area contributed by atoms with Gasteiger partial charge in [-0.15, -0.1) is 0 Å². The molecule has 1 aromatic carbocycles. The molecule has 0 N–H and O–H groups in total. The van der Waals surface area contributed by atoms with Crippen molar-refractivity contribution >= 4 is 6.08 Å². The molecular weight excluding hydrogens is 208 g/mol. The molecule has 1 heteroatoms. The number of rotatable bonds is 1. The van der Waals surface area contributed by atoms with E-state index in [0.29, 0.717) is 0 Å². The summed E-state index contributed by atoms with van der Waals surface area (Å²) >= 11 is 0. The monoisotopic (exact) mass is 226 g/mol. The molecule has 2 aliphatic rings. The third kappa shape index (κ3) is 2.20. The van der Waals surface area contributed by atoms with Gasteiger partial charge in [0, 0.05) is 13.0 Å². The minimum atomic E-state index is 0.0382. The smallest absolute Gasteiger partial charge is 0.0906 e. The highest BCUT2D eigenvalue weighted by Crippen LogP contribution is 2.39. The second-order valence-electron chi connectivity index (χ2n) is 5.16. The third-order valence-corrected chi connectivity index (χ3v) is 3.67. The second kappa shape index (κ2) is 4.15. The molecule has 0 saturated carbocycles. The van der Waals surface area contributed by atoms with Crippen LogP contribution in [0.3, 0.4) is 0 Å². The van der Waals surface area contributed by atoms with Crippen LogP contribution in [0.1, 0.15) is 30.4 Å². The van der Waals surface area contributed by atoms with E-state index in [1.807, 2.05) is 0 Å². The molecule has 0 aromatic heterocycles. The number of benzene rings is 1. The van der Waals surface area contributed by atoms with Crippen molar-refractivity contribution in [2.75, 3.05) is 6.61 Å². The number of hydrogen-bond donors (Lipinski definition) is 0. The molecule has 1 unspecified atom stereocenters. The van der Waals surface area contributed by atoms with Gasteiger partial charge in [0.2, 0.25) is 0 Å². The first kappa shape index (κ1) is 10.8. The van der Waals surface area contributed by atoms with Crippen LogP contribution in [0.25, 0.3) is 6.08 Å².